The summed E-state index contributed by atoms with van der Waals surface area (Å²) >= 11 is 0. The minimum absolute atomic E-state index is 0.289. The third-order valence-electron chi connectivity index (χ3n) is 4.07. The van der Waals surface area contributed by atoms with Gasteiger partial charge in [0.05, 0.1) is 35.5 Å². The van der Waals surface area contributed by atoms with E-state index in [0.29, 0.717) is 29.2 Å². The summed E-state index contributed by atoms with van der Waals surface area (Å²) in [5, 5.41) is 0. The standard InChI is InChI=1S/C20H22O7/c1-23-16-7-6-12(9-14(16)19(21)26-4)8-13-10-15(20(22)27-5)18(25-3)11-17(13)24-2/h6-7,9-11H,8H2,1-5H3. The molecule has 0 radical (unpaired) electrons. The van der Waals surface area contributed by atoms with Crippen molar-refractivity contribution < 1.29 is 33.3 Å². The molecular weight excluding hydrogens is 352 g/mol. The van der Waals surface area contributed by atoms with Crippen LogP contribution < -0.4 is 14.2 Å². The Hall–Kier alpha value is -3.22. The van der Waals surface area contributed by atoms with Crippen LogP contribution in [0, 0.1) is 0 Å². The number of hydrogen-bond acceptors (Lipinski definition) is 7. The van der Waals surface area contributed by atoms with E-state index in [4.69, 9.17) is 23.7 Å². The molecule has 2 aromatic rings. The maximum Gasteiger partial charge on any atom is 0.341 e. The number of benzene rings is 2. The predicted molar refractivity (Wildman–Crippen MR) is 98.0 cm³/mol. The van der Waals surface area contributed by atoms with E-state index in [1.807, 2.05) is 6.07 Å². The SMILES string of the molecule is COC(=O)c1cc(Cc2cc(C(=O)OC)c(OC)cc2OC)ccc1OC. The molecule has 7 heteroatoms. The van der Waals surface area contributed by atoms with Crippen molar-refractivity contribution in [3.8, 4) is 17.2 Å². The molecule has 0 unspecified atom stereocenters. The molecule has 27 heavy (non-hydrogen) atoms. The first-order chi connectivity index (χ1) is 13.0. The zero-order valence-corrected chi connectivity index (χ0v) is 16.0. The summed E-state index contributed by atoms with van der Waals surface area (Å²) in [6.07, 6.45) is 0.408. The maximum atomic E-state index is 12.0. The average molecular weight is 374 g/mol. The number of methoxy groups -OCH3 is 5. The quantitative estimate of drug-likeness (QED) is 0.689. The molecule has 0 aromatic heterocycles. The second-order valence-corrected chi connectivity index (χ2v) is 5.56. The summed E-state index contributed by atoms with van der Waals surface area (Å²) in [6, 6.07) is 8.50. The minimum atomic E-state index is -0.513. The lowest BCUT2D eigenvalue weighted by Gasteiger charge is -2.15. The Balaban J connectivity index is 2.50. The largest absolute Gasteiger partial charge is 0.496 e. The molecule has 7 nitrogen and oxygen atoms in total. The normalized spacial score (nSPS) is 10.1. The molecule has 0 bridgehead atoms. The molecule has 0 fully saturated rings. The van der Waals surface area contributed by atoms with Crippen LogP contribution in [-0.2, 0) is 15.9 Å². The van der Waals surface area contributed by atoms with Crippen molar-refractivity contribution in [3.05, 3.63) is 52.6 Å². The maximum absolute atomic E-state index is 12.0. The first-order valence-electron chi connectivity index (χ1n) is 8.07. The highest BCUT2D eigenvalue weighted by atomic mass is 16.5. The van der Waals surface area contributed by atoms with Gasteiger partial charge in [0.1, 0.15) is 28.4 Å². The number of carbonyl (C=O) groups excluding carboxylic acids is 2. The number of hydrogen-bond donors (Lipinski definition) is 0. The van der Waals surface area contributed by atoms with Gasteiger partial charge in [-0.05, 0) is 29.3 Å². The number of carbonyl (C=O) groups is 2. The molecule has 0 spiro atoms. The van der Waals surface area contributed by atoms with Gasteiger partial charge in [-0.1, -0.05) is 6.07 Å². The Morgan fingerprint density at radius 3 is 1.78 bits per heavy atom. The van der Waals surface area contributed by atoms with Crippen LogP contribution in [-0.4, -0.2) is 47.5 Å². The lowest BCUT2D eigenvalue weighted by Crippen LogP contribution is -2.07. The first-order valence-corrected chi connectivity index (χ1v) is 8.07. The van der Waals surface area contributed by atoms with Crippen LogP contribution in [0.5, 0.6) is 17.2 Å². The van der Waals surface area contributed by atoms with Crippen molar-refractivity contribution >= 4 is 11.9 Å². The highest BCUT2D eigenvalue weighted by Crippen LogP contribution is 2.32. The van der Waals surface area contributed by atoms with Crippen molar-refractivity contribution in [2.75, 3.05) is 35.5 Å². The Morgan fingerprint density at radius 2 is 1.26 bits per heavy atom. The van der Waals surface area contributed by atoms with Crippen LogP contribution in [0.1, 0.15) is 31.8 Å². The molecule has 144 valence electrons. The third-order valence-corrected chi connectivity index (χ3v) is 4.07. The fourth-order valence-corrected chi connectivity index (χ4v) is 2.73. The van der Waals surface area contributed by atoms with Crippen LogP contribution in [0.25, 0.3) is 0 Å². The van der Waals surface area contributed by atoms with E-state index in [0.717, 1.165) is 11.1 Å². The lowest BCUT2D eigenvalue weighted by atomic mass is 9.99. The molecule has 2 rings (SSSR count). The summed E-state index contributed by atoms with van der Waals surface area (Å²) in [4.78, 5) is 24.0. The Labute approximate surface area is 157 Å². The molecule has 0 atom stereocenters. The molecule has 0 saturated heterocycles. The number of ether oxygens (including phenoxy) is 5. The van der Waals surface area contributed by atoms with Gasteiger partial charge in [0.25, 0.3) is 0 Å². The zero-order chi connectivity index (χ0) is 20.0. The first kappa shape index (κ1) is 20.1. The summed E-state index contributed by atoms with van der Waals surface area (Å²) in [6.45, 7) is 0. The van der Waals surface area contributed by atoms with Gasteiger partial charge in [0.2, 0.25) is 0 Å². The fraction of sp³-hybridized carbons (Fsp3) is 0.300. The molecular formula is C20H22O7. The van der Waals surface area contributed by atoms with Gasteiger partial charge in [-0.25, -0.2) is 9.59 Å². The Morgan fingerprint density at radius 1 is 0.704 bits per heavy atom. The van der Waals surface area contributed by atoms with E-state index in [-0.39, 0.29) is 5.56 Å². The van der Waals surface area contributed by atoms with Crippen molar-refractivity contribution in [3.63, 3.8) is 0 Å². The van der Waals surface area contributed by atoms with Gasteiger partial charge >= 0.3 is 11.9 Å². The van der Waals surface area contributed by atoms with E-state index >= 15 is 0 Å². The van der Waals surface area contributed by atoms with E-state index in [1.165, 1.54) is 35.5 Å². The Bertz CT molecular complexity index is 842. The van der Waals surface area contributed by atoms with Gasteiger partial charge in [0, 0.05) is 12.5 Å². The summed E-state index contributed by atoms with van der Waals surface area (Å²) in [5.74, 6) is 0.316. The van der Waals surface area contributed by atoms with Crippen molar-refractivity contribution in [1.82, 2.24) is 0 Å². The fourth-order valence-electron chi connectivity index (χ4n) is 2.73. The average Bonchev–Trinajstić information content (AvgIpc) is 2.72. The van der Waals surface area contributed by atoms with Crippen LogP contribution in [0.15, 0.2) is 30.3 Å². The van der Waals surface area contributed by atoms with E-state index < -0.39 is 11.9 Å². The Kier molecular flexibility index (Phi) is 6.65. The van der Waals surface area contributed by atoms with Crippen LogP contribution in [0.3, 0.4) is 0 Å². The lowest BCUT2D eigenvalue weighted by molar-refractivity contribution is 0.0588. The number of esters is 2. The van der Waals surface area contributed by atoms with Crippen molar-refractivity contribution in [1.29, 1.82) is 0 Å². The monoisotopic (exact) mass is 374 g/mol. The van der Waals surface area contributed by atoms with Gasteiger partial charge < -0.3 is 23.7 Å². The van der Waals surface area contributed by atoms with Gasteiger partial charge in [-0.3, -0.25) is 0 Å². The highest BCUT2D eigenvalue weighted by molar-refractivity contribution is 5.93. The molecule has 0 heterocycles. The second-order valence-electron chi connectivity index (χ2n) is 5.56. The molecule has 0 aliphatic carbocycles. The van der Waals surface area contributed by atoms with Gasteiger partial charge in [0.15, 0.2) is 0 Å². The molecule has 0 aliphatic rings. The van der Waals surface area contributed by atoms with E-state index in [9.17, 15) is 9.59 Å². The summed E-state index contributed by atoms with van der Waals surface area (Å²) in [5.41, 5.74) is 2.16. The highest BCUT2D eigenvalue weighted by Gasteiger charge is 2.19. The molecule has 0 amide bonds. The van der Waals surface area contributed by atoms with Crippen LogP contribution >= 0.6 is 0 Å². The molecule has 2 aromatic carbocycles. The summed E-state index contributed by atoms with van der Waals surface area (Å²) in [7, 11) is 7.09. The van der Waals surface area contributed by atoms with Crippen LogP contribution in [0.4, 0.5) is 0 Å². The number of rotatable bonds is 7. The topological polar surface area (TPSA) is 80.3 Å². The predicted octanol–water partition coefficient (Wildman–Crippen LogP) is 2.88. The summed E-state index contributed by atoms with van der Waals surface area (Å²) < 4.78 is 25.5. The van der Waals surface area contributed by atoms with E-state index in [1.54, 1.807) is 24.3 Å². The molecule has 0 aliphatic heterocycles. The van der Waals surface area contributed by atoms with Gasteiger partial charge in [-0.2, -0.15) is 0 Å². The van der Waals surface area contributed by atoms with Crippen LogP contribution in [0.2, 0.25) is 0 Å². The van der Waals surface area contributed by atoms with Gasteiger partial charge in [-0.15, -0.1) is 0 Å². The minimum Gasteiger partial charge on any atom is -0.496 e. The third kappa shape index (κ3) is 4.31. The zero-order valence-electron chi connectivity index (χ0n) is 16.0. The molecule has 0 saturated carbocycles. The molecule has 0 N–H and O–H groups in total. The van der Waals surface area contributed by atoms with E-state index in [2.05, 4.69) is 0 Å². The van der Waals surface area contributed by atoms with Crippen molar-refractivity contribution in [2.45, 2.75) is 6.42 Å². The smallest absolute Gasteiger partial charge is 0.341 e. The second kappa shape index (κ2) is 8.93. The van der Waals surface area contributed by atoms with Crippen molar-refractivity contribution in [2.24, 2.45) is 0 Å².